The molecule has 5 atom stereocenters. The summed E-state index contributed by atoms with van der Waals surface area (Å²) in [5.74, 6) is -2.32. The predicted octanol–water partition coefficient (Wildman–Crippen LogP) is 0.969. The molecular weight excluding hydrogens is 422 g/mol. The second-order valence-corrected chi connectivity index (χ2v) is 9.30. The lowest BCUT2D eigenvalue weighted by Crippen LogP contribution is -2.56. The summed E-state index contributed by atoms with van der Waals surface area (Å²) in [6, 6.07) is 8.38. The average Bonchev–Trinajstić information content (AvgIpc) is 3.09. The van der Waals surface area contributed by atoms with Gasteiger partial charge in [0.25, 0.3) is 0 Å². The van der Waals surface area contributed by atoms with Crippen molar-refractivity contribution in [1.82, 2.24) is 9.80 Å². The second kappa shape index (κ2) is 8.11. The number of carbonyl (C=O) groups is 3. The molecule has 1 unspecified atom stereocenters. The number of aliphatic hydroxyl groups excluding tert-OH is 1. The predicted molar refractivity (Wildman–Crippen MR) is 121 cm³/mol. The Balaban J connectivity index is 1.61. The average molecular weight is 452 g/mol. The van der Waals surface area contributed by atoms with E-state index in [0.29, 0.717) is 13.1 Å². The molecule has 8 nitrogen and oxygen atoms in total. The van der Waals surface area contributed by atoms with Gasteiger partial charge in [0, 0.05) is 31.4 Å². The van der Waals surface area contributed by atoms with Crippen LogP contribution in [-0.4, -0.2) is 82.7 Å². The van der Waals surface area contributed by atoms with Crippen LogP contribution in [0.2, 0.25) is 0 Å². The summed E-state index contributed by atoms with van der Waals surface area (Å²) < 4.78 is 6.53. The van der Waals surface area contributed by atoms with Gasteiger partial charge in [-0.2, -0.15) is 0 Å². The largest absolute Gasteiger partial charge is 0.395 e. The summed E-state index contributed by atoms with van der Waals surface area (Å²) in [7, 11) is 0. The number of carbonyl (C=O) groups excluding carboxylic acids is 3. The molecular formula is C25H29N3O5. The number of β-amino-alcohol motifs (C(OH)–C–C–N with tert-alkyl or cyclic N) is 1. The third kappa shape index (κ3) is 3.15. The monoisotopic (exact) mass is 451 g/mol. The van der Waals surface area contributed by atoms with Gasteiger partial charge in [-0.3, -0.25) is 14.4 Å². The van der Waals surface area contributed by atoms with Gasteiger partial charge in [0.05, 0.1) is 24.5 Å². The van der Waals surface area contributed by atoms with Crippen LogP contribution in [0.5, 0.6) is 0 Å². The maximum atomic E-state index is 13.9. The first-order valence-electron chi connectivity index (χ1n) is 11.5. The van der Waals surface area contributed by atoms with E-state index in [2.05, 4.69) is 0 Å². The van der Waals surface area contributed by atoms with E-state index in [1.807, 2.05) is 68.5 Å². The second-order valence-electron chi connectivity index (χ2n) is 9.30. The Morgan fingerprint density at radius 2 is 1.82 bits per heavy atom. The minimum atomic E-state index is -1.25. The highest BCUT2D eigenvalue weighted by atomic mass is 16.5. The highest BCUT2D eigenvalue weighted by molar-refractivity contribution is 6.03. The molecule has 0 radical (unpaired) electrons. The SMILES string of the molecule is CC(C)N1CC=C[C@]23O[C@@H]4C=CCN(c5ccccc5)C(=O)[C@@H]4[C@H]2C(=O)N(CCO)C3C1=O. The van der Waals surface area contributed by atoms with E-state index >= 15 is 0 Å². The zero-order chi connectivity index (χ0) is 23.3. The normalized spacial score (nSPS) is 33.3. The Morgan fingerprint density at radius 1 is 1.06 bits per heavy atom. The van der Waals surface area contributed by atoms with Crippen molar-refractivity contribution in [3.05, 3.63) is 54.6 Å². The number of fused-ring (bicyclic) bond motifs is 2. The molecule has 1 aromatic rings. The van der Waals surface area contributed by atoms with Gasteiger partial charge in [0.1, 0.15) is 11.6 Å². The Morgan fingerprint density at radius 3 is 2.52 bits per heavy atom. The fourth-order valence-electron chi connectivity index (χ4n) is 5.81. The molecule has 0 saturated carbocycles. The van der Waals surface area contributed by atoms with Crippen LogP contribution < -0.4 is 4.90 Å². The van der Waals surface area contributed by atoms with Gasteiger partial charge in [-0.25, -0.2) is 0 Å². The van der Waals surface area contributed by atoms with Crippen molar-refractivity contribution in [1.29, 1.82) is 0 Å². The molecule has 33 heavy (non-hydrogen) atoms. The van der Waals surface area contributed by atoms with Crippen LogP contribution in [0, 0.1) is 11.8 Å². The van der Waals surface area contributed by atoms with E-state index in [1.165, 1.54) is 4.90 Å². The summed E-state index contributed by atoms with van der Waals surface area (Å²) in [6.07, 6.45) is 6.82. The fourth-order valence-corrected chi connectivity index (χ4v) is 5.81. The molecule has 5 rings (SSSR count). The number of anilines is 1. The number of nitrogens with zero attached hydrogens (tertiary/aromatic N) is 3. The molecule has 1 aromatic carbocycles. The Kier molecular flexibility index (Phi) is 5.37. The minimum absolute atomic E-state index is 0.0143. The van der Waals surface area contributed by atoms with E-state index in [4.69, 9.17) is 4.74 Å². The number of rotatable bonds is 4. The van der Waals surface area contributed by atoms with Crippen molar-refractivity contribution in [3.8, 4) is 0 Å². The smallest absolute Gasteiger partial charge is 0.249 e. The fraction of sp³-hybridized carbons (Fsp3) is 0.480. The van der Waals surface area contributed by atoms with E-state index < -0.39 is 29.6 Å². The van der Waals surface area contributed by atoms with Gasteiger partial charge in [0.2, 0.25) is 17.7 Å². The molecule has 3 amide bonds. The Labute approximate surface area is 193 Å². The molecule has 2 saturated heterocycles. The van der Waals surface area contributed by atoms with Gasteiger partial charge in [-0.1, -0.05) is 42.5 Å². The van der Waals surface area contributed by atoms with E-state index in [-0.39, 0.29) is 36.9 Å². The van der Waals surface area contributed by atoms with Gasteiger partial charge >= 0.3 is 0 Å². The van der Waals surface area contributed by atoms with Crippen LogP contribution in [0.15, 0.2) is 54.6 Å². The Bertz CT molecular complexity index is 1020. The minimum Gasteiger partial charge on any atom is -0.395 e. The van der Waals surface area contributed by atoms with Crippen LogP contribution in [-0.2, 0) is 19.1 Å². The first-order valence-corrected chi connectivity index (χ1v) is 11.5. The van der Waals surface area contributed by atoms with Gasteiger partial charge in [0.15, 0.2) is 0 Å². The Hall–Kier alpha value is -2.97. The lowest BCUT2D eigenvalue weighted by molar-refractivity contribution is -0.148. The van der Waals surface area contributed by atoms with Gasteiger partial charge in [-0.05, 0) is 26.0 Å². The standard InChI is InChI=1S/C25H29N3O5/c1-16(2)26-13-7-11-25-20(23(31)28(14-15-29)21(25)24(26)32)19-18(33-25)10-6-12-27(22(19)30)17-8-4-3-5-9-17/h3-11,16,18-21,29H,12-15H2,1-2H3/t18-,19+,20+,21?,25+/m1/s1. The highest BCUT2D eigenvalue weighted by Gasteiger charge is 2.71. The van der Waals surface area contributed by atoms with Crippen LogP contribution in [0.3, 0.4) is 0 Å². The summed E-state index contributed by atoms with van der Waals surface area (Å²) in [5.41, 5.74) is -0.497. The number of para-hydroxylation sites is 1. The molecule has 2 fully saturated rings. The van der Waals surface area contributed by atoms with Crippen molar-refractivity contribution in [3.63, 3.8) is 0 Å². The number of benzene rings is 1. The molecule has 1 spiro atoms. The number of hydrogen-bond acceptors (Lipinski definition) is 5. The lowest BCUT2D eigenvalue weighted by atomic mass is 9.77. The quantitative estimate of drug-likeness (QED) is 0.689. The summed E-state index contributed by atoms with van der Waals surface area (Å²) >= 11 is 0. The zero-order valence-electron chi connectivity index (χ0n) is 18.8. The number of likely N-dealkylation sites (tertiary alicyclic amines) is 1. The van der Waals surface area contributed by atoms with E-state index in [1.54, 1.807) is 9.80 Å². The van der Waals surface area contributed by atoms with E-state index in [0.717, 1.165) is 5.69 Å². The van der Waals surface area contributed by atoms with Gasteiger partial charge < -0.3 is 24.5 Å². The molecule has 4 aliphatic rings. The number of ether oxygens (including phenoxy) is 1. The molecule has 0 aliphatic carbocycles. The number of amides is 3. The van der Waals surface area contributed by atoms with Crippen molar-refractivity contribution in [2.45, 2.75) is 37.6 Å². The molecule has 8 heteroatoms. The van der Waals surface area contributed by atoms with Crippen LogP contribution in [0.1, 0.15) is 13.8 Å². The summed E-state index contributed by atoms with van der Waals surface area (Å²) in [4.78, 5) is 46.1. The topological polar surface area (TPSA) is 90.4 Å². The molecule has 4 aliphatic heterocycles. The molecule has 0 bridgehead atoms. The molecule has 4 heterocycles. The maximum absolute atomic E-state index is 13.9. The molecule has 1 N–H and O–H groups in total. The van der Waals surface area contributed by atoms with Crippen molar-refractivity contribution in [2.24, 2.45) is 11.8 Å². The van der Waals surface area contributed by atoms with E-state index in [9.17, 15) is 19.5 Å². The first-order chi connectivity index (χ1) is 15.9. The summed E-state index contributed by atoms with van der Waals surface area (Å²) in [6.45, 7) is 4.38. The van der Waals surface area contributed by atoms with Crippen LogP contribution >= 0.6 is 0 Å². The zero-order valence-corrected chi connectivity index (χ0v) is 18.8. The third-order valence-corrected chi connectivity index (χ3v) is 7.22. The first kappa shape index (κ1) is 21.9. The third-order valence-electron chi connectivity index (χ3n) is 7.22. The lowest BCUT2D eigenvalue weighted by Gasteiger charge is -2.36. The molecule has 0 aromatic heterocycles. The van der Waals surface area contributed by atoms with Crippen LogP contribution in [0.4, 0.5) is 5.69 Å². The summed E-state index contributed by atoms with van der Waals surface area (Å²) in [5, 5.41) is 9.68. The van der Waals surface area contributed by atoms with Crippen molar-refractivity contribution < 1.29 is 24.2 Å². The number of aliphatic hydroxyl groups is 1. The van der Waals surface area contributed by atoms with Crippen molar-refractivity contribution in [2.75, 3.05) is 31.1 Å². The highest BCUT2D eigenvalue weighted by Crippen LogP contribution is 2.53. The van der Waals surface area contributed by atoms with Crippen molar-refractivity contribution >= 4 is 23.4 Å². The molecule has 174 valence electrons. The maximum Gasteiger partial charge on any atom is 0.249 e. The van der Waals surface area contributed by atoms with Gasteiger partial charge in [-0.15, -0.1) is 0 Å². The van der Waals surface area contributed by atoms with Crippen LogP contribution in [0.25, 0.3) is 0 Å². The number of hydrogen-bond donors (Lipinski definition) is 1.